The number of nitrogens with one attached hydrogen (secondary N) is 2. The molecule has 0 radical (unpaired) electrons. The molecule has 1 aliphatic heterocycles. The van der Waals surface area contributed by atoms with E-state index in [2.05, 4.69) is 31.5 Å². The Morgan fingerprint density at radius 3 is 2.64 bits per heavy atom. The predicted molar refractivity (Wildman–Crippen MR) is 104 cm³/mol. The van der Waals surface area contributed by atoms with E-state index in [1.54, 1.807) is 4.90 Å². The minimum Gasteiger partial charge on any atom is -0.343 e. The lowest BCUT2D eigenvalue weighted by Gasteiger charge is -2.34. The van der Waals surface area contributed by atoms with Crippen LogP contribution in [0.15, 0.2) is 43.1 Å². The molecule has 0 aliphatic carbocycles. The van der Waals surface area contributed by atoms with Crippen LogP contribution in [0.2, 0.25) is 0 Å². The fraction of sp³-hybridized carbons (Fsp3) is 0.250. The van der Waals surface area contributed by atoms with E-state index in [9.17, 15) is 4.79 Å². The standard InChI is InChI=1S/C16H18N6OS2/c1-2-17-14(24)19-15(23)21-8-10-22(11-9-21)16-18-13(20-25-16)12-6-4-3-5-7-12/h2-7H,1,8-11H2,(H2,17,19,23,24). The molecule has 25 heavy (non-hydrogen) atoms. The number of amides is 2. The van der Waals surface area contributed by atoms with E-state index in [1.807, 2.05) is 30.3 Å². The lowest BCUT2D eigenvalue weighted by molar-refractivity contribution is 0.199. The van der Waals surface area contributed by atoms with Gasteiger partial charge < -0.3 is 15.1 Å². The zero-order chi connectivity index (χ0) is 17.6. The summed E-state index contributed by atoms with van der Waals surface area (Å²) in [5.74, 6) is 0.738. The van der Waals surface area contributed by atoms with E-state index < -0.39 is 0 Å². The molecule has 1 aromatic carbocycles. The summed E-state index contributed by atoms with van der Waals surface area (Å²) in [5.41, 5.74) is 1.01. The molecule has 1 aromatic heterocycles. The minimum absolute atomic E-state index is 0.207. The number of nitrogens with zero attached hydrogens (tertiary/aromatic N) is 4. The second kappa shape index (κ2) is 8.04. The zero-order valence-corrected chi connectivity index (χ0v) is 15.1. The third-order valence-corrected chi connectivity index (χ3v) is 4.74. The molecule has 2 heterocycles. The van der Waals surface area contributed by atoms with Gasteiger partial charge in [-0.2, -0.15) is 9.36 Å². The SMILES string of the molecule is C=CNC(=S)NC(=O)N1CCN(c2nc(-c3ccccc3)ns2)CC1. The van der Waals surface area contributed by atoms with Gasteiger partial charge in [-0.15, -0.1) is 0 Å². The highest BCUT2D eigenvalue weighted by Crippen LogP contribution is 2.24. The van der Waals surface area contributed by atoms with Gasteiger partial charge in [0, 0.05) is 43.3 Å². The minimum atomic E-state index is -0.207. The summed E-state index contributed by atoms with van der Waals surface area (Å²) < 4.78 is 4.44. The molecule has 1 saturated heterocycles. The van der Waals surface area contributed by atoms with Crippen molar-refractivity contribution in [1.82, 2.24) is 24.9 Å². The Bertz CT molecular complexity index is 755. The molecule has 2 N–H and O–H groups in total. The average molecular weight is 374 g/mol. The van der Waals surface area contributed by atoms with Crippen LogP contribution in [0.4, 0.5) is 9.93 Å². The van der Waals surface area contributed by atoms with Gasteiger partial charge in [0.2, 0.25) is 5.13 Å². The van der Waals surface area contributed by atoms with Gasteiger partial charge >= 0.3 is 6.03 Å². The molecule has 9 heteroatoms. The van der Waals surface area contributed by atoms with Crippen LogP contribution < -0.4 is 15.5 Å². The summed E-state index contributed by atoms with van der Waals surface area (Å²) in [6, 6.07) is 9.69. The first-order valence-corrected chi connectivity index (χ1v) is 8.97. The molecular formula is C16H18N6OS2. The van der Waals surface area contributed by atoms with Crippen LogP contribution in [0.25, 0.3) is 11.4 Å². The van der Waals surface area contributed by atoms with E-state index in [1.165, 1.54) is 17.7 Å². The highest BCUT2D eigenvalue weighted by molar-refractivity contribution is 7.80. The van der Waals surface area contributed by atoms with Crippen molar-refractivity contribution < 1.29 is 4.79 Å². The van der Waals surface area contributed by atoms with Crippen LogP contribution in [0.5, 0.6) is 0 Å². The van der Waals surface area contributed by atoms with Gasteiger partial charge in [0.15, 0.2) is 10.9 Å². The third kappa shape index (κ3) is 4.31. The van der Waals surface area contributed by atoms with Gasteiger partial charge in [-0.25, -0.2) is 4.79 Å². The number of urea groups is 1. The fourth-order valence-electron chi connectivity index (χ4n) is 2.45. The van der Waals surface area contributed by atoms with Crippen LogP contribution in [0, 0.1) is 0 Å². The predicted octanol–water partition coefficient (Wildman–Crippen LogP) is 2.05. The van der Waals surface area contributed by atoms with E-state index in [0.29, 0.717) is 26.2 Å². The van der Waals surface area contributed by atoms with Crippen molar-refractivity contribution in [2.24, 2.45) is 0 Å². The van der Waals surface area contributed by atoms with Crippen molar-refractivity contribution in [3.05, 3.63) is 43.1 Å². The van der Waals surface area contributed by atoms with Crippen molar-refractivity contribution in [3.63, 3.8) is 0 Å². The summed E-state index contributed by atoms with van der Waals surface area (Å²) in [5, 5.41) is 6.43. The zero-order valence-electron chi connectivity index (χ0n) is 13.5. The second-order valence-electron chi connectivity index (χ2n) is 5.35. The molecule has 0 saturated carbocycles. The molecule has 2 aromatic rings. The summed E-state index contributed by atoms with van der Waals surface area (Å²) in [6.07, 6.45) is 1.43. The number of benzene rings is 1. The quantitative estimate of drug-likeness (QED) is 0.801. The molecule has 7 nitrogen and oxygen atoms in total. The largest absolute Gasteiger partial charge is 0.343 e. The van der Waals surface area contributed by atoms with Crippen LogP contribution in [0.1, 0.15) is 0 Å². The number of aromatic nitrogens is 2. The lowest BCUT2D eigenvalue weighted by atomic mass is 10.2. The van der Waals surface area contributed by atoms with Gasteiger partial charge in [-0.3, -0.25) is 5.32 Å². The Kier molecular flexibility index (Phi) is 5.56. The molecule has 0 atom stereocenters. The number of carbonyl (C=O) groups excluding carboxylic acids is 1. The van der Waals surface area contributed by atoms with Crippen molar-refractivity contribution in [1.29, 1.82) is 0 Å². The summed E-state index contributed by atoms with van der Waals surface area (Å²) in [6.45, 7) is 6.12. The maximum atomic E-state index is 12.1. The number of hydrogen-bond acceptors (Lipinski definition) is 6. The Morgan fingerprint density at radius 1 is 1.24 bits per heavy atom. The van der Waals surface area contributed by atoms with E-state index in [-0.39, 0.29) is 11.1 Å². The van der Waals surface area contributed by atoms with Gasteiger partial charge in [0.05, 0.1) is 0 Å². The van der Waals surface area contributed by atoms with E-state index >= 15 is 0 Å². The molecule has 0 unspecified atom stereocenters. The molecular weight excluding hydrogens is 356 g/mol. The highest BCUT2D eigenvalue weighted by Gasteiger charge is 2.23. The number of anilines is 1. The molecule has 3 rings (SSSR count). The van der Waals surface area contributed by atoms with Crippen molar-refractivity contribution >= 4 is 40.0 Å². The topological polar surface area (TPSA) is 73.4 Å². The fourth-order valence-corrected chi connectivity index (χ4v) is 3.36. The van der Waals surface area contributed by atoms with Gasteiger partial charge in [0.1, 0.15) is 0 Å². The number of thiocarbonyl (C=S) groups is 1. The van der Waals surface area contributed by atoms with Gasteiger partial charge in [0.25, 0.3) is 0 Å². The van der Waals surface area contributed by atoms with Crippen molar-refractivity contribution in [3.8, 4) is 11.4 Å². The van der Waals surface area contributed by atoms with E-state index in [4.69, 9.17) is 12.2 Å². The molecule has 0 bridgehead atoms. The number of rotatable bonds is 3. The smallest absolute Gasteiger partial charge is 0.323 e. The molecule has 2 amide bonds. The molecule has 1 aliphatic rings. The first-order chi connectivity index (χ1) is 12.2. The second-order valence-corrected chi connectivity index (χ2v) is 6.49. The molecule has 0 spiro atoms. The molecule has 130 valence electrons. The van der Waals surface area contributed by atoms with Crippen LogP contribution in [-0.2, 0) is 0 Å². The summed E-state index contributed by atoms with van der Waals surface area (Å²) in [4.78, 5) is 20.6. The van der Waals surface area contributed by atoms with E-state index in [0.717, 1.165) is 16.5 Å². The Hall–Kier alpha value is -2.52. The summed E-state index contributed by atoms with van der Waals surface area (Å²) in [7, 11) is 0. The maximum Gasteiger partial charge on any atom is 0.323 e. The first-order valence-electron chi connectivity index (χ1n) is 7.79. The molecule has 1 fully saturated rings. The Balaban J connectivity index is 1.56. The van der Waals surface area contributed by atoms with Crippen molar-refractivity contribution in [2.75, 3.05) is 31.1 Å². The average Bonchev–Trinajstić information content (AvgIpc) is 3.13. The summed E-state index contributed by atoms with van der Waals surface area (Å²) >= 11 is 6.36. The number of hydrogen-bond donors (Lipinski definition) is 2. The maximum absolute atomic E-state index is 12.1. The monoisotopic (exact) mass is 374 g/mol. The number of piperazine rings is 1. The lowest BCUT2D eigenvalue weighted by Crippen LogP contribution is -2.53. The van der Waals surface area contributed by atoms with Crippen LogP contribution >= 0.6 is 23.8 Å². The highest BCUT2D eigenvalue weighted by atomic mass is 32.1. The Labute approximate surface area is 155 Å². The first kappa shape index (κ1) is 17.3. The van der Waals surface area contributed by atoms with Crippen LogP contribution in [-0.4, -0.2) is 51.6 Å². The third-order valence-electron chi connectivity index (χ3n) is 3.74. The van der Waals surface area contributed by atoms with Crippen molar-refractivity contribution in [2.45, 2.75) is 0 Å². The van der Waals surface area contributed by atoms with Crippen LogP contribution in [0.3, 0.4) is 0 Å². The number of carbonyl (C=O) groups is 1. The van der Waals surface area contributed by atoms with Gasteiger partial charge in [-0.1, -0.05) is 36.9 Å². The Morgan fingerprint density at radius 2 is 1.96 bits per heavy atom. The van der Waals surface area contributed by atoms with Gasteiger partial charge in [-0.05, 0) is 18.4 Å². The normalized spacial score (nSPS) is 14.1.